The average molecular weight is 279 g/mol. The monoisotopic (exact) mass is 279 g/mol. The van der Waals surface area contributed by atoms with Gasteiger partial charge in [-0.1, -0.05) is 13.8 Å². The molecule has 1 aromatic heterocycles. The quantitative estimate of drug-likeness (QED) is 0.897. The maximum atomic E-state index is 5.30. The van der Waals surface area contributed by atoms with Crippen LogP contribution in [0.5, 0.6) is 11.8 Å². The summed E-state index contributed by atoms with van der Waals surface area (Å²) in [6.45, 7) is 5.34. The van der Waals surface area contributed by atoms with Crippen molar-refractivity contribution in [3.05, 3.63) is 11.9 Å². The van der Waals surface area contributed by atoms with E-state index in [0.717, 1.165) is 17.4 Å². The lowest BCUT2D eigenvalue weighted by atomic mass is 9.80. The third-order valence-corrected chi connectivity index (χ3v) is 4.00. The Bertz CT molecular complexity index is 407. The van der Waals surface area contributed by atoms with Crippen LogP contribution in [0.1, 0.15) is 38.7 Å². The van der Waals surface area contributed by atoms with E-state index in [0.29, 0.717) is 24.3 Å². The molecular formula is C15H25N3O2. The Morgan fingerprint density at radius 2 is 1.60 bits per heavy atom. The predicted octanol–water partition coefficient (Wildman–Crippen LogP) is 2.41. The van der Waals surface area contributed by atoms with Gasteiger partial charge < -0.3 is 14.8 Å². The molecule has 1 N–H and O–H groups in total. The molecular weight excluding hydrogens is 254 g/mol. The molecule has 1 aliphatic rings. The second-order valence-electron chi connectivity index (χ2n) is 5.87. The van der Waals surface area contributed by atoms with Crippen LogP contribution >= 0.6 is 0 Å². The van der Waals surface area contributed by atoms with E-state index >= 15 is 0 Å². The lowest BCUT2D eigenvalue weighted by Gasteiger charge is -2.32. The van der Waals surface area contributed by atoms with Crippen LogP contribution in [0.15, 0.2) is 6.33 Å². The minimum atomic E-state index is 0.545. The van der Waals surface area contributed by atoms with E-state index in [1.165, 1.54) is 25.6 Å². The molecule has 0 aliphatic heterocycles. The van der Waals surface area contributed by atoms with Crippen molar-refractivity contribution in [2.45, 2.75) is 45.7 Å². The molecule has 0 amide bonds. The molecule has 1 heterocycles. The van der Waals surface area contributed by atoms with Gasteiger partial charge in [0.2, 0.25) is 11.8 Å². The number of nitrogens with zero attached hydrogens (tertiary/aromatic N) is 2. The van der Waals surface area contributed by atoms with Crippen molar-refractivity contribution in [2.75, 3.05) is 14.2 Å². The van der Waals surface area contributed by atoms with E-state index in [4.69, 9.17) is 9.47 Å². The Kier molecular flexibility index (Phi) is 5.17. The topological polar surface area (TPSA) is 56.3 Å². The van der Waals surface area contributed by atoms with E-state index in [1.54, 1.807) is 14.2 Å². The van der Waals surface area contributed by atoms with Gasteiger partial charge in [-0.15, -0.1) is 0 Å². The predicted molar refractivity (Wildman–Crippen MR) is 77.9 cm³/mol. The fraction of sp³-hybridized carbons (Fsp3) is 0.733. The van der Waals surface area contributed by atoms with Crippen molar-refractivity contribution >= 4 is 0 Å². The van der Waals surface area contributed by atoms with Crippen LogP contribution in [-0.2, 0) is 6.54 Å². The summed E-state index contributed by atoms with van der Waals surface area (Å²) < 4.78 is 10.6. The maximum absolute atomic E-state index is 5.30. The van der Waals surface area contributed by atoms with Gasteiger partial charge in [-0.2, -0.15) is 0 Å². The molecule has 0 saturated heterocycles. The van der Waals surface area contributed by atoms with Crippen molar-refractivity contribution in [3.8, 4) is 11.8 Å². The van der Waals surface area contributed by atoms with Crippen LogP contribution in [0.3, 0.4) is 0 Å². The van der Waals surface area contributed by atoms with Gasteiger partial charge in [0.15, 0.2) is 0 Å². The largest absolute Gasteiger partial charge is 0.481 e. The standard InChI is InChI=1S/C15H25N3O2/c1-10-5-11(2)7-12(6-10)16-8-13-14(19-3)17-9-18-15(13)20-4/h9-12,16H,5-8H2,1-4H3. The Labute approximate surface area is 121 Å². The molecule has 0 aromatic carbocycles. The molecule has 1 fully saturated rings. The van der Waals surface area contributed by atoms with Crippen molar-refractivity contribution in [3.63, 3.8) is 0 Å². The zero-order chi connectivity index (χ0) is 14.5. The van der Waals surface area contributed by atoms with Crippen molar-refractivity contribution < 1.29 is 9.47 Å². The van der Waals surface area contributed by atoms with Crippen LogP contribution in [0.2, 0.25) is 0 Å². The normalized spacial score (nSPS) is 26.3. The molecule has 1 saturated carbocycles. The van der Waals surface area contributed by atoms with E-state index in [9.17, 15) is 0 Å². The van der Waals surface area contributed by atoms with Crippen LogP contribution in [0.25, 0.3) is 0 Å². The first-order valence-corrected chi connectivity index (χ1v) is 7.29. The van der Waals surface area contributed by atoms with Gasteiger partial charge in [0.1, 0.15) is 6.33 Å². The third kappa shape index (κ3) is 3.60. The first kappa shape index (κ1) is 15.0. The SMILES string of the molecule is COc1ncnc(OC)c1CNC1CC(C)CC(C)C1. The zero-order valence-corrected chi connectivity index (χ0v) is 12.8. The first-order chi connectivity index (χ1) is 9.63. The van der Waals surface area contributed by atoms with Gasteiger partial charge in [0.05, 0.1) is 19.8 Å². The number of ether oxygens (including phenoxy) is 2. The first-order valence-electron chi connectivity index (χ1n) is 7.29. The highest BCUT2D eigenvalue weighted by atomic mass is 16.5. The summed E-state index contributed by atoms with van der Waals surface area (Å²) in [5.74, 6) is 2.74. The highest BCUT2D eigenvalue weighted by Gasteiger charge is 2.24. The minimum Gasteiger partial charge on any atom is -0.481 e. The van der Waals surface area contributed by atoms with E-state index < -0.39 is 0 Å². The number of hydrogen-bond donors (Lipinski definition) is 1. The summed E-state index contributed by atoms with van der Waals surface area (Å²) >= 11 is 0. The highest BCUT2D eigenvalue weighted by molar-refractivity contribution is 5.34. The number of methoxy groups -OCH3 is 2. The lowest BCUT2D eigenvalue weighted by molar-refractivity contribution is 0.236. The van der Waals surface area contributed by atoms with Crippen LogP contribution in [-0.4, -0.2) is 30.2 Å². The molecule has 1 aromatic rings. The van der Waals surface area contributed by atoms with E-state index in [-0.39, 0.29) is 0 Å². The smallest absolute Gasteiger partial charge is 0.224 e. The third-order valence-electron chi connectivity index (χ3n) is 4.00. The van der Waals surface area contributed by atoms with Gasteiger partial charge >= 0.3 is 0 Å². The minimum absolute atomic E-state index is 0.545. The highest BCUT2D eigenvalue weighted by Crippen LogP contribution is 2.29. The van der Waals surface area contributed by atoms with Gasteiger partial charge in [0.25, 0.3) is 0 Å². The molecule has 5 nitrogen and oxygen atoms in total. The molecule has 2 unspecified atom stereocenters. The summed E-state index contributed by atoms with van der Waals surface area (Å²) in [5, 5.41) is 3.61. The fourth-order valence-corrected chi connectivity index (χ4v) is 3.24. The maximum Gasteiger partial charge on any atom is 0.224 e. The molecule has 0 spiro atoms. The van der Waals surface area contributed by atoms with E-state index in [2.05, 4.69) is 29.1 Å². The van der Waals surface area contributed by atoms with Gasteiger partial charge in [-0.25, -0.2) is 9.97 Å². The average Bonchev–Trinajstić information content (AvgIpc) is 2.43. The summed E-state index contributed by atoms with van der Waals surface area (Å²) in [6, 6.07) is 0.545. The van der Waals surface area contributed by atoms with Crippen LogP contribution in [0.4, 0.5) is 0 Å². The van der Waals surface area contributed by atoms with Gasteiger partial charge in [-0.3, -0.25) is 0 Å². The Balaban J connectivity index is 2.03. The molecule has 2 rings (SSSR count). The summed E-state index contributed by atoms with van der Waals surface area (Å²) in [7, 11) is 3.24. The van der Waals surface area contributed by atoms with Gasteiger partial charge in [-0.05, 0) is 31.1 Å². The molecule has 2 atom stereocenters. The zero-order valence-electron chi connectivity index (χ0n) is 12.8. The summed E-state index contributed by atoms with van der Waals surface area (Å²) in [5.41, 5.74) is 0.892. The van der Waals surface area contributed by atoms with Gasteiger partial charge in [0, 0.05) is 12.6 Å². The van der Waals surface area contributed by atoms with Crippen molar-refractivity contribution in [1.82, 2.24) is 15.3 Å². The number of hydrogen-bond acceptors (Lipinski definition) is 5. The second kappa shape index (κ2) is 6.88. The van der Waals surface area contributed by atoms with Crippen LogP contribution in [0, 0.1) is 11.8 Å². The molecule has 0 bridgehead atoms. The van der Waals surface area contributed by atoms with Crippen molar-refractivity contribution in [1.29, 1.82) is 0 Å². The summed E-state index contributed by atoms with van der Waals surface area (Å²) in [4.78, 5) is 8.29. The Morgan fingerprint density at radius 3 is 2.10 bits per heavy atom. The lowest BCUT2D eigenvalue weighted by Crippen LogP contribution is -2.36. The Morgan fingerprint density at radius 1 is 1.05 bits per heavy atom. The molecule has 5 heteroatoms. The molecule has 0 radical (unpaired) electrons. The van der Waals surface area contributed by atoms with Crippen LogP contribution < -0.4 is 14.8 Å². The fourth-order valence-electron chi connectivity index (χ4n) is 3.24. The molecule has 20 heavy (non-hydrogen) atoms. The second-order valence-corrected chi connectivity index (χ2v) is 5.87. The number of aromatic nitrogens is 2. The molecule has 112 valence electrons. The Hall–Kier alpha value is -1.36. The summed E-state index contributed by atoms with van der Waals surface area (Å²) in [6.07, 6.45) is 5.25. The number of rotatable bonds is 5. The molecule has 1 aliphatic carbocycles. The van der Waals surface area contributed by atoms with E-state index in [1.807, 2.05) is 0 Å². The number of nitrogens with one attached hydrogen (secondary N) is 1. The van der Waals surface area contributed by atoms with Crippen molar-refractivity contribution in [2.24, 2.45) is 11.8 Å².